The lowest BCUT2D eigenvalue weighted by atomic mass is 9.89. The zero-order valence-electron chi connectivity index (χ0n) is 12.0. The Morgan fingerprint density at radius 2 is 2.17 bits per heavy atom. The van der Waals surface area contributed by atoms with E-state index in [1.807, 2.05) is 0 Å². The van der Waals surface area contributed by atoms with E-state index >= 15 is 0 Å². The van der Waals surface area contributed by atoms with Gasteiger partial charge < -0.3 is 21.9 Å². The number of anilines is 1. The van der Waals surface area contributed by atoms with Gasteiger partial charge in [-0.15, -0.1) is 0 Å². The van der Waals surface area contributed by atoms with Gasteiger partial charge in [0.15, 0.2) is 5.06 Å². The van der Waals surface area contributed by atoms with Crippen molar-refractivity contribution in [3.05, 3.63) is 46.1 Å². The average Bonchev–Trinajstić information content (AvgIpc) is 2.90. The lowest BCUT2D eigenvalue weighted by molar-refractivity contribution is 0.100. The highest BCUT2D eigenvalue weighted by Gasteiger charge is 2.30. The Kier molecular flexibility index (Phi) is 4.01. The van der Waals surface area contributed by atoms with E-state index in [-0.39, 0.29) is 0 Å². The zero-order valence-corrected chi connectivity index (χ0v) is 13.7. The largest absolute Gasteiger partial charge is 0.444 e. The Bertz CT molecular complexity index is 825. The van der Waals surface area contributed by atoms with Crippen molar-refractivity contribution in [3.8, 4) is 10.8 Å². The van der Waals surface area contributed by atoms with Gasteiger partial charge in [0.2, 0.25) is 0 Å². The van der Waals surface area contributed by atoms with Gasteiger partial charge in [-0.1, -0.05) is 23.6 Å². The molecule has 0 radical (unpaired) electrons. The van der Waals surface area contributed by atoms with Gasteiger partial charge in [0, 0.05) is 0 Å². The molecule has 6 nitrogen and oxygen atoms in total. The van der Waals surface area contributed by atoms with E-state index in [1.165, 1.54) is 23.7 Å². The quantitative estimate of drug-likeness (QED) is 0.579. The predicted molar refractivity (Wildman–Crippen MR) is 93.9 cm³/mol. The molecule has 1 aliphatic rings. The summed E-state index contributed by atoms with van der Waals surface area (Å²) in [4.78, 5) is 16.8. The van der Waals surface area contributed by atoms with Crippen molar-refractivity contribution in [1.29, 1.82) is 0 Å². The first-order valence-corrected chi connectivity index (χ1v) is 8.04. The number of amides is 1. The number of thiophene rings is 1. The molecule has 3 rings (SSSR count). The minimum Gasteiger partial charge on any atom is -0.444 e. The number of primary amides is 1. The average molecular weight is 346 g/mol. The van der Waals surface area contributed by atoms with Crippen LogP contribution in [0.4, 0.5) is 5.82 Å². The van der Waals surface area contributed by atoms with E-state index < -0.39 is 5.91 Å². The van der Waals surface area contributed by atoms with E-state index in [0.29, 0.717) is 39.2 Å². The number of nitrogens with two attached hydrogens (primary N) is 3. The third-order valence-corrected chi connectivity index (χ3v) is 5.12. The van der Waals surface area contributed by atoms with Crippen molar-refractivity contribution in [2.45, 2.75) is 12.8 Å². The Hall–Kier alpha value is -2.45. The van der Waals surface area contributed by atoms with Crippen LogP contribution in [0.5, 0.6) is 10.8 Å². The third kappa shape index (κ3) is 2.78. The van der Waals surface area contributed by atoms with Gasteiger partial charge in [-0.25, -0.2) is 4.98 Å². The van der Waals surface area contributed by atoms with Crippen molar-refractivity contribution in [3.63, 3.8) is 0 Å². The van der Waals surface area contributed by atoms with Crippen LogP contribution in [-0.2, 0) is 6.42 Å². The van der Waals surface area contributed by atoms with Crippen LogP contribution in [0.25, 0.3) is 0 Å². The number of allylic oxidation sites excluding steroid dienone is 1. The maximum Gasteiger partial charge on any atom is 0.259 e. The summed E-state index contributed by atoms with van der Waals surface area (Å²) in [7, 11) is 0. The monoisotopic (exact) mass is 346 g/mol. The summed E-state index contributed by atoms with van der Waals surface area (Å²) in [5.74, 6) is 0.415. The number of pyridine rings is 1. The molecule has 2 aromatic heterocycles. The number of aromatic nitrogens is 1. The van der Waals surface area contributed by atoms with Crippen molar-refractivity contribution < 1.29 is 9.53 Å². The molecular formula is C15H14N4O2S2. The number of nitrogens with zero attached hydrogens (tertiary/aromatic N) is 1. The first kappa shape index (κ1) is 15.4. The summed E-state index contributed by atoms with van der Waals surface area (Å²) in [6, 6.07) is 3.33. The molecule has 0 fully saturated rings. The molecule has 118 valence electrons. The molecular weight excluding hydrogens is 332 g/mol. The summed E-state index contributed by atoms with van der Waals surface area (Å²) in [6.07, 6.45) is 4.34. The van der Waals surface area contributed by atoms with E-state index in [4.69, 9.17) is 34.2 Å². The number of thiocarbonyl (C=S) groups is 1. The second-order valence-electron chi connectivity index (χ2n) is 4.98. The van der Waals surface area contributed by atoms with Crippen molar-refractivity contribution in [2.24, 2.45) is 11.5 Å². The number of carbonyl (C=O) groups is 1. The fraction of sp³-hybridized carbons (Fsp3) is 0.133. The Balaban J connectivity index is 2.08. The van der Waals surface area contributed by atoms with Gasteiger partial charge in [0.25, 0.3) is 5.91 Å². The number of rotatable bonds is 3. The van der Waals surface area contributed by atoms with Crippen LogP contribution < -0.4 is 21.9 Å². The van der Waals surface area contributed by atoms with Crippen molar-refractivity contribution in [1.82, 2.24) is 4.98 Å². The fourth-order valence-corrected chi connectivity index (χ4v) is 3.96. The predicted octanol–water partition coefficient (Wildman–Crippen LogP) is 2.12. The van der Waals surface area contributed by atoms with Crippen LogP contribution in [0.15, 0.2) is 30.1 Å². The Morgan fingerprint density at radius 1 is 1.39 bits per heavy atom. The summed E-state index contributed by atoms with van der Waals surface area (Å²) in [5, 5.41) is 0.518. The number of carbonyl (C=O) groups excluding carboxylic acids is 1. The van der Waals surface area contributed by atoms with Gasteiger partial charge in [0.05, 0.1) is 21.5 Å². The zero-order chi connectivity index (χ0) is 16.6. The van der Waals surface area contributed by atoms with Crippen LogP contribution in [-0.4, -0.2) is 15.8 Å². The molecule has 0 atom stereocenters. The van der Waals surface area contributed by atoms with Crippen LogP contribution in [0.2, 0.25) is 0 Å². The molecule has 0 saturated carbocycles. The van der Waals surface area contributed by atoms with E-state index in [0.717, 1.165) is 16.7 Å². The Labute approximate surface area is 141 Å². The van der Waals surface area contributed by atoms with Crippen LogP contribution >= 0.6 is 23.6 Å². The maximum absolute atomic E-state index is 11.7. The molecule has 0 aliphatic heterocycles. The molecule has 8 heteroatoms. The van der Waals surface area contributed by atoms with E-state index in [9.17, 15) is 4.79 Å². The lowest BCUT2D eigenvalue weighted by Gasteiger charge is -2.18. The van der Waals surface area contributed by atoms with E-state index in [1.54, 1.807) is 12.1 Å². The van der Waals surface area contributed by atoms with Crippen LogP contribution in [0.1, 0.15) is 27.2 Å². The fourth-order valence-electron chi connectivity index (χ4n) is 2.43. The third-order valence-electron chi connectivity index (χ3n) is 3.53. The second-order valence-corrected chi connectivity index (χ2v) is 6.37. The number of ether oxygens (including phenoxy) is 1. The highest BCUT2D eigenvalue weighted by atomic mass is 32.1. The summed E-state index contributed by atoms with van der Waals surface area (Å²) >= 11 is 6.68. The van der Waals surface area contributed by atoms with Gasteiger partial charge in [0.1, 0.15) is 11.6 Å². The van der Waals surface area contributed by atoms with Gasteiger partial charge in [-0.3, -0.25) is 4.79 Å². The maximum atomic E-state index is 11.7. The first-order valence-electron chi connectivity index (χ1n) is 6.81. The summed E-state index contributed by atoms with van der Waals surface area (Å²) < 4.78 is 5.86. The molecule has 2 aromatic rings. The van der Waals surface area contributed by atoms with Gasteiger partial charge in [-0.2, -0.15) is 0 Å². The normalized spacial score (nSPS) is 15.5. The Morgan fingerprint density at radius 3 is 2.78 bits per heavy atom. The van der Waals surface area contributed by atoms with Crippen LogP contribution in [0, 0.1) is 0 Å². The number of hydrogen-bond acceptors (Lipinski definition) is 7. The number of fused-ring (bicyclic) bond motifs is 1. The molecule has 0 saturated heterocycles. The molecule has 1 aliphatic carbocycles. The lowest BCUT2D eigenvalue weighted by Crippen LogP contribution is -2.17. The highest BCUT2D eigenvalue weighted by Crippen LogP contribution is 2.43. The minimum absolute atomic E-state index is 0.396. The minimum atomic E-state index is -0.487. The van der Waals surface area contributed by atoms with Crippen LogP contribution in [0.3, 0.4) is 0 Å². The molecule has 0 bridgehead atoms. The molecule has 0 unspecified atom stereocenters. The second kappa shape index (κ2) is 5.98. The SMILES string of the molecule is NC=C1CCc2c(C(N)=O)sc(Oc3ccc(N)nc3)c2C1=S. The van der Waals surface area contributed by atoms with Crippen molar-refractivity contribution >= 4 is 40.1 Å². The summed E-state index contributed by atoms with van der Waals surface area (Å²) in [5.41, 5.74) is 19.1. The molecule has 1 amide bonds. The molecule has 0 spiro atoms. The molecule has 6 N–H and O–H groups in total. The van der Waals surface area contributed by atoms with E-state index in [2.05, 4.69) is 4.98 Å². The smallest absolute Gasteiger partial charge is 0.259 e. The first-order chi connectivity index (χ1) is 11.0. The standard InChI is InChI=1S/C15H14N4O2S2/c16-5-7-1-3-9-11(12(7)22)15(23-13(9)14(18)20)21-8-2-4-10(17)19-6-8/h2,4-6H,1,3,16H2,(H2,17,19)(H2,18,20). The molecule has 2 heterocycles. The van der Waals surface area contributed by atoms with Gasteiger partial charge in [-0.05, 0) is 42.3 Å². The molecule has 0 aromatic carbocycles. The topological polar surface area (TPSA) is 117 Å². The summed E-state index contributed by atoms with van der Waals surface area (Å²) in [6.45, 7) is 0. The number of hydrogen-bond donors (Lipinski definition) is 3. The number of nitrogen functional groups attached to an aromatic ring is 1. The highest BCUT2D eigenvalue weighted by molar-refractivity contribution is 7.81. The van der Waals surface area contributed by atoms with Crippen molar-refractivity contribution in [2.75, 3.05) is 5.73 Å². The van der Waals surface area contributed by atoms with Gasteiger partial charge >= 0.3 is 0 Å². The molecule has 23 heavy (non-hydrogen) atoms.